The molecule has 0 spiro atoms. The van der Waals surface area contributed by atoms with Crippen molar-refractivity contribution in [1.82, 2.24) is 10.2 Å². The van der Waals surface area contributed by atoms with Crippen LogP contribution >= 0.6 is 0 Å². The maximum Gasteiger partial charge on any atom is 0.258 e. The van der Waals surface area contributed by atoms with Crippen LogP contribution in [0.3, 0.4) is 0 Å². The molecule has 5 heteroatoms. The summed E-state index contributed by atoms with van der Waals surface area (Å²) in [5, 5.41) is 12.5. The van der Waals surface area contributed by atoms with Gasteiger partial charge in [-0.3, -0.25) is 4.90 Å². The number of nitrogens with zero attached hydrogens (tertiary/aromatic N) is 1. The number of benzene rings is 1. The number of rotatable bonds is 3. The standard InChI is InChI=1S/C12H16F2N2O/c13-12(14)11(16-6-4-15-5-7-16)9-2-1-3-10(17)8-9/h1-3,8,11-12,15,17H,4-7H2/t11-/m1/s1. The van der Waals surface area contributed by atoms with Gasteiger partial charge in [0, 0.05) is 26.2 Å². The Bertz CT molecular complexity index is 367. The van der Waals surface area contributed by atoms with E-state index in [9.17, 15) is 13.9 Å². The molecular formula is C12H16F2N2O. The summed E-state index contributed by atoms with van der Waals surface area (Å²) in [6.07, 6.45) is -2.45. The number of halogens is 2. The lowest BCUT2D eigenvalue weighted by molar-refractivity contribution is 0.0181. The maximum absolute atomic E-state index is 13.2. The highest BCUT2D eigenvalue weighted by Gasteiger charge is 2.30. The summed E-state index contributed by atoms with van der Waals surface area (Å²) in [7, 11) is 0. The van der Waals surface area contributed by atoms with Crippen molar-refractivity contribution in [2.45, 2.75) is 12.5 Å². The SMILES string of the molecule is Oc1cccc([C@H](C(F)F)N2CCNCC2)c1. The lowest BCUT2D eigenvalue weighted by Crippen LogP contribution is -2.46. The highest BCUT2D eigenvalue weighted by atomic mass is 19.3. The van der Waals surface area contributed by atoms with Crippen molar-refractivity contribution in [3.8, 4) is 5.75 Å². The van der Waals surface area contributed by atoms with Gasteiger partial charge in [0.2, 0.25) is 0 Å². The van der Waals surface area contributed by atoms with Crippen molar-refractivity contribution in [3.63, 3.8) is 0 Å². The number of phenolic OH excluding ortho intramolecular Hbond substituents is 1. The molecule has 2 N–H and O–H groups in total. The molecule has 1 aromatic rings. The number of alkyl halides is 2. The number of piperazine rings is 1. The van der Waals surface area contributed by atoms with Gasteiger partial charge in [0.25, 0.3) is 6.43 Å². The fraction of sp³-hybridized carbons (Fsp3) is 0.500. The van der Waals surface area contributed by atoms with Gasteiger partial charge >= 0.3 is 0 Å². The molecule has 1 heterocycles. The van der Waals surface area contributed by atoms with E-state index in [-0.39, 0.29) is 5.75 Å². The molecule has 0 amide bonds. The van der Waals surface area contributed by atoms with E-state index in [1.807, 2.05) is 0 Å². The Kier molecular flexibility index (Phi) is 3.91. The smallest absolute Gasteiger partial charge is 0.258 e. The fourth-order valence-electron chi connectivity index (χ4n) is 2.18. The molecule has 0 bridgehead atoms. The van der Waals surface area contributed by atoms with Crippen LogP contribution in [0.25, 0.3) is 0 Å². The molecular weight excluding hydrogens is 226 g/mol. The second kappa shape index (κ2) is 5.42. The Balaban J connectivity index is 2.21. The first-order valence-corrected chi connectivity index (χ1v) is 5.70. The molecule has 3 nitrogen and oxygen atoms in total. The van der Waals surface area contributed by atoms with E-state index >= 15 is 0 Å². The molecule has 0 aromatic heterocycles. The predicted molar refractivity (Wildman–Crippen MR) is 61.3 cm³/mol. The number of hydrogen-bond acceptors (Lipinski definition) is 3. The number of phenols is 1. The fourth-order valence-corrected chi connectivity index (χ4v) is 2.18. The molecule has 17 heavy (non-hydrogen) atoms. The topological polar surface area (TPSA) is 35.5 Å². The first-order chi connectivity index (χ1) is 8.18. The summed E-state index contributed by atoms with van der Waals surface area (Å²) in [6.45, 7) is 2.65. The van der Waals surface area contributed by atoms with Crippen LogP contribution in [-0.2, 0) is 0 Å². The molecule has 1 atom stereocenters. The van der Waals surface area contributed by atoms with Crippen LogP contribution in [-0.4, -0.2) is 42.6 Å². The highest BCUT2D eigenvalue weighted by molar-refractivity contribution is 5.30. The van der Waals surface area contributed by atoms with Gasteiger partial charge in [0.05, 0.1) is 6.04 Å². The van der Waals surface area contributed by atoms with Crippen LogP contribution in [0.5, 0.6) is 5.75 Å². The molecule has 2 rings (SSSR count). The zero-order chi connectivity index (χ0) is 12.3. The van der Waals surface area contributed by atoms with E-state index in [0.717, 1.165) is 13.1 Å². The Morgan fingerprint density at radius 3 is 2.53 bits per heavy atom. The zero-order valence-electron chi connectivity index (χ0n) is 9.44. The minimum Gasteiger partial charge on any atom is -0.508 e. The van der Waals surface area contributed by atoms with Crippen molar-refractivity contribution < 1.29 is 13.9 Å². The average Bonchev–Trinajstić information content (AvgIpc) is 2.30. The van der Waals surface area contributed by atoms with Gasteiger partial charge in [-0.15, -0.1) is 0 Å². The maximum atomic E-state index is 13.2. The van der Waals surface area contributed by atoms with Crippen molar-refractivity contribution >= 4 is 0 Å². The molecule has 1 fully saturated rings. The molecule has 0 radical (unpaired) electrons. The summed E-state index contributed by atoms with van der Waals surface area (Å²) in [6, 6.07) is 5.22. The van der Waals surface area contributed by atoms with Gasteiger partial charge in [-0.2, -0.15) is 0 Å². The molecule has 1 aliphatic rings. The summed E-state index contributed by atoms with van der Waals surface area (Å²) in [4.78, 5) is 1.76. The quantitative estimate of drug-likeness (QED) is 0.845. The van der Waals surface area contributed by atoms with Gasteiger partial charge in [0.15, 0.2) is 0 Å². The summed E-state index contributed by atoms with van der Waals surface area (Å²) < 4.78 is 26.3. The first kappa shape index (κ1) is 12.3. The van der Waals surface area contributed by atoms with Gasteiger partial charge < -0.3 is 10.4 Å². The van der Waals surface area contributed by atoms with Crippen LogP contribution in [0, 0.1) is 0 Å². The van der Waals surface area contributed by atoms with Crippen molar-refractivity contribution in [3.05, 3.63) is 29.8 Å². The van der Waals surface area contributed by atoms with E-state index in [4.69, 9.17) is 0 Å². The minimum absolute atomic E-state index is 0.0308. The largest absolute Gasteiger partial charge is 0.508 e. The van der Waals surface area contributed by atoms with Crippen molar-refractivity contribution in [2.24, 2.45) is 0 Å². The second-order valence-electron chi connectivity index (χ2n) is 4.16. The number of hydrogen-bond donors (Lipinski definition) is 2. The van der Waals surface area contributed by atoms with E-state index in [1.54, 1.807) is 17.0 Å². The molecule has 0 saturated carbocycles. The van der Waals surface area contributed by atoms with E-state index in [0.29, 0.717) is 18.7 Å². The predicted octanol–water partition coefficient (Wildman–Crippen LogP) is 1.60. The second-order valence-corrected chi connectivity index (χ2v) is 4.16. The monoisotopic (exact) mass is 242 g/mol. The van der Waals surface area contributed by atoms with Crippen LogP contribution in [0.15, 0.2) is 24.3 Å². The number of aromatic hydroxyl groups is 1. The molecule has 1 saturated heterocycles. The lowest BCUT2D eigenvalue weighted by atomic mass is 10.0. The van der Waals surface area contributed by atoms with Crippen molar-refractivity contribution in [1.29, 1.82) is 0 Å². The number of nitrogens with one attached hydrogen (secondary N) is 1. The molecule has 0 aliphatic carbocycles. The van der Waals surface area contributed by atoms with E-state index in [2.05, 4.69) is 5.32 Å². The van der Waals surface area contributed by atoms with Crippen LogP contribution in [0.2, 0.25) is 0 Å². The molecule has 94 valence electrons. The van der Waals surface area contributed by atoms with Crippen LogP contribution in [0.4, 0.5) is 8.78 Å². The Labute approximate surface area is 99.1 Å². The van der Waals surface area contributed by atoms with E-state index in [1.165, 1.54) is 12.1 Å². The third-order valence-corrected chi connectivity index (χ3v) is 3.00. The van der Waals surface area contributed by atoms with Gasteiger partial charge in [-0.05, 0) is 17.7 Å². The van der Waals surface area contributed by atoms with Gasteiger partial charge in [-0.25, -0.2) is 8.78 Å². The third kappa shape index (κ3) is 2.92. The minimum atomic E-state index is -2.45. The average molecular weight is 242 g/mol. The summed E-state index contributed by atoms with van der Waals surface area (Å²) in [5.74, 6) is 0.0308. The normalized spacial score (nSPS) is 19.5. The Morgan fingerprint density at radius 2 is 1.94 bits per heavy atom. The molecule has 1 aromatic carbocycles. The third-order valence-electron chi connectivity index (χ3n) is 3.00. The Morgan fingerprint density at radius 1 is 1.24 bits per heavy atom. The zero-order valence-corrected chi connectivity index (χ0v) is 9.44. The summed E-state index contributed by atoms with van der Waals surface area (Å²) in [5.41, 5.74) is 0.474. The van der Waals surface area contributed by atoms with E-state index < -0.39 is 12.5 Å². The summed E-state index contributed by atoms with van der Waals surface area (Å²) >= 11 is 0. The van der Waals surface area contributed by atoms with Gasteiger partial charge in [0.1, 0.15) is 5.75 Å². The van der Waals surface area contributed by atoms with Crippen molar-refractivity contribution in [2.75, 3.05) is 26.2 Å². The van der Waals surface area contributed by atoms with Crippen LogP contribution in [0.1, 0.15) is 11.6 Å². The van der Waals surface area contributed by atoms with Crippen LogP contribution < -0.4 is 5.32 Å². The highest BCUT2D eigenvalue weighted by Crippen LogP contribution is 2.29. The Hall–Kier alpha value is -1.20. The molecule has 1 aliphatic heterocycles. The lowest BCUT2D eigenvalue weighted by Gasteiger charge is -2.34. The van der Waals surface area contributed by atoms with Gasteiger partial charge in [-0.1, -0.05) is 12.1 Å². The molecule has 0 unspecified atom stereocenters. The first-order valence-electron chi connectivity index (χ1n) is 5.70.